The van der Waals surface area contributed by atoms with Crippen LogP contribution in [0.3, 0.4) is 0 Å². The highest BCUT2D eigenvalue weighted by atomic mass is 79.9. The van der Waals surface area contributed by atoms with Crippen molar-refractivity contribution in [3.63, 3.8) is 0 Å². The second-order valence-electron chi connectivity index (χ2n) is 5.19. The molecule has 0 atom stereocenters. The highest BCUT2D eigenvalue weighted by molar-refractivity contribution is 9.11. The topological polar surface area (TPSA) is 55.4 Å². The van der Waals surface area contributed by atoms with Gasteiger partial charge in [-0.1, -0.05) is 0 Å². The predicted octanol–water partition coefficient (Wildman–Crippen LogP) is 4.88. The minimum Gasteiger partial charge on any atom is -0.462 e. The summed E-state index contributed by atoms with van der Waals surface area (Å²) >= 11 is 6.23. The first-order chi connectivity index (χ1) is 11.1. The molecule has 2 aromatic heterocycles. The Morgan fingerprint density at radius 2 is 2.04 bits per heavy atom. The van der Waals surface area contributed by atoms with Gasteiger partial charge in [-0.25, -0.2) is 4.79 Å². The van der Waals surface area contributed by atoms with Crippen molar-refractivity contribution in [2.75, 3.05) is 11.9 Å². The molecule has 0 saturated carbocycles. The summed E-state index contributed by atoms with van der Waals surface area (Å²) < 4.78 is 6.10. The van der Waals surface area contributed by atoms with Gasteiger partial charge >= 0.3 is 5.97 Å². The number of rotatable bonds is 4. The van der Waals surface area contributed by atoms with Crippen molar-refractivity contribution in [1.82, 2.24) is 0 Å². The zero-order chi connectivity index (χ0) is 16.4. The largest absolute Gasteiger partial charge is 0.462 e. The van der Waals surface area contributed by atoms with Crippen molar-refractivity contribution in [1.29, 1.82) is 0 Å². The van der Waals surface area contributed by atoms with Gasteiger partial charge in [0.05, 0.1) is 20.8 Å². The Hall–Kier alpha value is -1.18. The van der Waals surface area contributed by atoms with Gasteiger partial charge in [-0.3, -0.25) is 4.79 Å². The lowest BCUT2D eigenvalue weighted by Crippen LogP contribution is -2.15. The van der Waals surface area contributed by atoms with Crippen LogP contribution in [0.25, 0.3) is 0 Å². The van der Waals surface area contributed by atoms with Gasteiger partial charge in [0.15, 0.2) is 0 Å². The average Bonchev–Trinajstić information content (AvgIpc) is 3.10. The Balaban J connectivity index is 1.93. The smallest absolute Gasteiger partial charge is 0.341 e. The van der Waals surface area contributed by atoms with Crippen molar-refractivity contribution in [2.24, 2.45) is 0 Å². The highest BCUT2D eigenvalue weighted by Crippen LogP contribution is 2.39. The molecule has 1 amide bonds. The lowest BCUT2D eigenvalue weighted by Gasteiger charge is -2.12. The van der Waals surface area contributed by atoms with Crippen LogP contribution in [0.1, 0.15) is 50.2 Å². The molecule has 122 valence electrons. The molecule has 0 aromatic carbocycles. The molecule has 3 rings (SSSR count). The van der Waals surface area contributed by atoms with Crippen LogP contribution in [0, 0.1) is 0 Å². The summed E-state index contributed by atoms with van der Waals surface area (Å²) in [6.45, 7) is 2.12. The number of amides is 1. The quantitative estimate of drug-likeness (QED) is 0.726. The van der Waals surface area contributed by atoms with Crippen LogP contribution in [-0.2, 0) is 17.6 Å². The van der Waals surface area contributed by atoms with Crippen molar-refractivity contribution in [3.05, 3.63) is 36.8 Å². The summed E-state index contributed by atoms with van der Waals surface area (Å²) in [5.41, 5.74) is 1.61. The van der Waals surface area contributed by atoms with E-state index in [9.17, 15) is 9.59 Å². The van der Waals surface area contributed by atoms with Crippen molar-refractivity contribution in [2.45, 2.75) is 32.6 Å². The lowest BCUT2D eigenvalue weighted by molar-refractivity contribution is 0.0526. The Kier molecular flexibility index (Phi) is 5.18. The van der Waals surface area contributed by atoms with Crippen LogP contribution >= 0.6 is 38.6 Å². The van der Waals surface area contributed by atoms with Gasteiger partial charge in [0.1, 0.15) is 5.00 Å². The minimum absolute atomic E-state index is 0.190. The molecule has 7 heteroatoms. The maximum atomic E-state index is 12.4. The van der Waals surface area contributed by atoms with E-state index in [1.54, 1.807) is 13.0 Å². The van der Waals surface area contributed by atoms with Gasteiger partial charge in [-0.2, -0.15) is 0 Å². The zero-order valence-corrected chi connectivity index (χ0v) is 15.8. The molecule has 1 N–H and O–H groups in total. The summed E-state index contributed by atoms with van der Waals surface area (Å²) in [5.74, 6) is -0.528. The van der Waals surface area contributed by atoms with E-state index in [-0.39, 0.29) is 11.9 Å². The molecule has 4 nitrogen and oxygen atoms in total. The van der Waals surface area contributed by atoms with Crippen molar-refractivity contribution >= 4 is 55.5 Å². The lowest BCUT2D eigenvalue weighted by atomic mass is 9.95. The van der Waals surface area contributed by atoms with Crippen LogP contribution in [0.4, 0.5) is 5.00 Å². The number of hydrogen-bond acceptors (Lipinski definition) is 5. The summed E-state index contributed by atoms with van der Waals surface area (Å²) in [7, 11) is 0. The SMILES string of the molecule is CCOC(=O)c1c(NC(=O)c2ccc(Br)s2)sc2c1CCCC2. The first kappa shape index (κ1) is 16.7. The van der Waals surface area contributed by atoms with E-state index >= 15 is 0 Å². The summed E-state index contributed by atoms with van der Waals surface area (Å²) in [6, 6.07) is 3.60. The van der Waals surface area contributed by atoms with Crippen LogP contribution in [-0.4, -0.2) is 18.5 Å². The van der Waals surface area contributed by atoms with Gasteiger partial charge in [-0.15, -0.1) is 22.7 Å². The molecule has 0 radical (unpaired) electrons. The Morgan fingerprint density at radius 1 is 1.26 bits per heavy atom. The van der Waals surface area contributed by atoms with Gasteiger partial charge < -0.3 is 10.1 Å². The fourth-order valence-electron chi connectivity index (χ4n) is 2.67. The fraction of sp³-hybridized carbons (Fsp3) is 0.375. The van der Waals surface area contributed by atoms with Crippen LogP contribution in [0.5, 0.6) is 0 Å². The number of carbonyl (C=O) groups is 2. The van der Waals surface area contributed by atoms with Crippen molar-refractivity contribution < 1.29 is 14.3 Å². The molecule has 2 heterocycles. The normalized spacial score (nSPS) is 13.5. The second kappa shape index (κ2) is 7.15. The van der Waals surface area contributed by atoms with E-state index in [1.807, 2.05) is 6.07 Å². The number of aryl methyl sites for hydroxylation is 1. The number of anilines is 1. The third-order valence-electron chi connectivity index (χ3n) is 3.67. The molecule has 0 bridgehead atoms. The Morgan fingerprint density at radius 3 is 2.74 bits per heavy atom. The van der Waals surface area contributed by atoms with E-state index in [1.165, 1.54) is 27.6 Å². The maximum absolute atomic E-state index is 12.4. The van der Waals surface area contributed by atoms with Gasteiger partial charge in [0.25, 0.3) is 5.91 Å². The number of esters is 1. The average molecular weight is 414 g/mol. The number of carbonyl (C=O) groups excluding carboxylic acids is 2. The molecule has 1 aliphatic rings. The number of hydrogen-bond donors (Lipinski definition) is 1. The molecule has 23 heavy (non-hydrogen) atoms. The Labute approximate surface area is 151 Å². The molecule has 0 saturated heterocycles. The van der Waals surface area contributed by atoms with Crippen LogP contribution in [0.15, 0.2) is 15.9 Å². The monoisotopic (exact) mass is 413 g/mol. The van der Waals surface area contributed by atoms with Gasteiger partial charge in [-0.05, 0) is 66.2 Å². The molecule has 0 spiro atoms. The van der Waals surface area contributed by atoms with E-state index in [4.69, 9.17) is 4.74 Å². The fourth-order valence-corrected chi connectivity index (χ4v) is 5.23. The van der Waals surface area contributed by atoms with Crippen molar-refractivity contribution in [3.8, 4) is 0 Å². The number of thiophene rings is 2. The van der Waals surface area contributed by atoms with Gasteiger partial charge in [0, 0.05) is 4.88 Å². The van der Waals surface area contributed by atoms with Crippen LogP contribution < -0.4 is 5.32 Å². The molecular formula is C16H16BrNO3S2. The van der Waals surface area contributed by atoms with Crippen LogP contribution in [0.2, 0.25) is 0 Å². The zero-order valence-electron chi connectivity index (χ0n) is 12.6. The summed E-state index contributed by atoms with van der Waals surface area (Å²) in [5, 5.41) is 3.52. The third-order valence-corrected chi connectivity index (χ3v) is 6.50. The van der Waals surface area contributed by atoms with E-state index in [0.29, 0.717) is 22.0 Å². The number of ether oxygens (including phenoxy) is 1. The number of halogens is 1. The molecule has 2 aromatic rings. The summed E-state index contributed by atoms with van der Waals surface area (Å²) in [4.78, 5) is 26.6. The first-order valence-corrected chi connectivity index (χ1v) is 9.91. The standard InChI is InChI=1S/C16H16BrNO3S2/c1-2-21-16(20)13-9-5-3-4-6-10(9)23-15(13)18-14(19)11-7-8-12(17)22-11/h7-8H,2-6H2,1H3,(H,18,19). The maximum Gasteiger partial charge on any atom is 0.341 e. The molecule has 1 aliphatic carbocycles. The third kappa shape index (κ3) is 3.51. The first-order valence-electron chi connectivity index (χ1n) is 7.48. The summed E-state index contributed by atoms with van der Waals surface area (Å²) in [6.07, 6.45) is 4.04. The van der Waals surface area contributed by atoms with E-state index < -0.39 is 0 Å². The predicted molar refractivity (Wildman–Crippen MR) is 96.9 cm³/mol. The van der Waals surface area contributed by atoms with Gasteiger partial charge in [0.2, 0.25) is 0 Å². The Bertz CT molecular complexity index is 751. The highest BCUT2D eigenvalue weighted by Gasteiger charge is 2.27. The second-order valence-corrected chi connectivity index (χ2v) is 8.76. The van der Waals surface area contributed by atoms with E-state index in [0.717, 1.165) is 35.0 Å². The molecule has 0 unspecified atom stereocenters. The molecule has 0 fully saturated rings. The number of nitrogens with one attached hydrogen (secondary N) is 1. The van der Waals surface area contributed by atoms with E-state index in [2.05, 4.69) is 21.2 Å². The molecule has 0 aliphatic heterocycles. The molecular weight excluding hydrogens is 398 g/mol. The minimum atomic E-state index is -0.338. The number of fused-ring (bicyclic) bond motifs is 1.